The number of thiazole rings is 1. The molecule has 0 radical (unpaired) electrons. The maximum atomic E-state index is 11.4. The van der Waals surface area contributed by atoms with Crippen molar-refractivity contribution in [1.29, 1.82) is 0 Å². The average Bonchev–Trinajstić information content (AvgIpc) is 2.60. The largest absolute Gasteiger partial charge is 0.461 e. The Bertz CT molecular complexity index is 389. The maximum absolute atomic E-state index is 11.4. The fourth-order valence-corrected chi connectivity index (χ4v) is 2.36. The van der Waals surface area contributed by atoms with Crippen LogP contribution in [0.5, 0.6) is 0 Å². The Morgan fingerprint density at radius 2 is 2.20 bits per heavy atom. The van der Waals surface area contributed by atoms with E-state index in [0.29, 0.717) is 17.2 Å². The van der Waals surface area contributed by atoms with Crippen LogP contribution in [0.2, 0.25) is 0 Å². The van der Waals surface area contributed by atoms with Gasteiger partial charge >= 0.3 is 5.97 Å². The van der Waals surface area contributed by atoms with Gasteiger partial charge in [0.15, 0.2) is 5.78 Å². The molecule has 4 nitrogen and oxygen atoms in total. The SMILES string of the molecule is CCOC(=O)c1nc(C)c(C(=O)CBr)s1. The number of alkyl halides is 1. The predicted molar refractivity (Wildman–Crippen MR) is 60.9 cm³/mol. The van der Waals surface area contributed by atoms with E-state index in [4.69, 9.17) is 4.74 Å². The minimum atomic E-state index is -0.473. The molecule has 0 spiro atoms. The first-order chi connectivity index (χ1) is 7.10. The van der Waals surface area contributed by atoms with Crippen LogP contribution in [-0.2, 0) is 4.74 Å². The van der Waals surface area contributed by atoms with E-state index in [1.165, 1.54) is 0 Å². The van der Waals surface area contributed by atoms with Gasteiger partial charge in [0.25, 0.3) is 0 Å². The van der Waals surface area contributed by atoms with E-state index in [1.807, 2.05) is 0 Å². The van der Waals surface area contributed by atoms with Crippen molar-refractivity contribution >= 4 is 39.0 Å². The second-order valence-corrected chi connectivity index (χ2v) is 4.27. The molecule has 15 heavy (non-hydrogen) atoms. The zero-order valence-electron chi connectivity index (χ0n) is 8.37. The third-order valence-electron chi connectivity index (χ3n) is 1.62. The normalized spacial score (nSPS) is 10.1. The molecule has 0 fully saturated rings. The Labute approximate surface area is 99.8 Å². The summed E-state index contributed by atoms with van der Waals surface area (Å²) in [4.78, 5) is 27.2. The molecule has 1 rings (SSSR count). The summed E-state index contributed by atoms with van der Waals surface area (Å²) >= 11 is 4.15. The first-order valence-corrected chi connectivity index (χ1v) is 6.27. The van der Waals surface area contributed by atoms with Gasteiger partial charge < -0.3 is 4.74 Å². The number of ether oxygens (including phenoxy) is 1. The van der Waals surface area contributed by atoms with E-state index >= 15 is 0 Å². The van der Waals surface area contributed by atoms with Gasteiger partial charge in [-0.2, -0.15) is 0 Å². The molecule has 0 amide bonds. The zero-order chi connectivity index (χ0) is 11.4. The predicted octanol–water partition coefficient (Wildman–Crippen LogP) is 2.21. The van der Waals surface area contributed by atoms with E-state index in [2.05, 4.69) is 20.9 Å². The number of nitrogens with zero attached hydrogens (tertiary/aromatic N) is 1. The smallest absolute Gasteiger partial charge is 0.367 e. The van der Waals surface area contributed by atoms with Crippen LogP contribution in [0.15, 0.2) is 0 Å². The molecule has 82 valence electrons. The lowest BCUT2D eigenvalue weighted by Gasteiger charge is -1.95. The van der Waals surface area contributed by atoms with Gasteiger partial charge in [0.1, 0.15) is 0 Å². The van der Waals surface area contributed by atoms with Gasteiger partial charge in [-0.1, -0.05) is 15.9 Å². The third kappa shape index (κ3) is 2.85. The molecule has 0 saturated heterocycles. The van der Waals surface area contributed by atoms with Crippen LogP contribution in [0.3, 0.4) is 0 Å². The van der Waals surface area contributed by atoms with E-state index in [0.717, 1.165) is 11.3 Å². The van der Waals surface area contributed by atoms with Crippen LogP contribution < -0.4 is 0 Å². The van der Waals surface area contributed by atoms with Crippen molar-refractivity contribution in [3.63, 3.8) is 0 Å². The number of carbonyl (C=O) groups is 2. The van der Waals surface area contributed by atoms with Crippen molar-refractivity contribution in [3.05, 3.63) is 15.6 Å². The van der Waals surface area contributed by atoms with E-state index in [-0.39, 0.29) is 16.1 Å². The molecule has 0 aromatic carbocycles. The number of halogens is 1. The van der Waals surface area contributed by atoms with Crippen molar-refractivity contribution in [2.24, 2.45) is 0 Å². The molecule has 1 heterocycles. The second kappa shape index (κ2) is 5.37. The van der Waals surface area contributed by atoms with Gasteiger partial charge in [-0.15, -0.1) is 11.3 Å². The van der Waals surface area contributed by atoms with Crippen LogP contribution in [0.25, 0.3) is 0 Å². The van der Waals surface area contributed by atoms with Crippen LogP contribution in [-0.4, -0.2) is 28.7 Å². The van der Waals surface area contributed by atoms with Crippen molar-refractivity contribution in [1.82, 2.24) is 4.98 Å². The first-order valence-electron chi connectivity index (χ1n) is 4.33. The van der Waals surface area contributed by atoms with Crippen molar-refractivity contribution in [3.8, 4) is 0 Å². The molecule has 0 bridgehead atoms. The fraction of sp³-hybridized carbons (Fsp3) is 0.444. The third-order valence-corrected chi connectivity index (χ3v) is 3.31. The topological polar surface area (TPSA) is 56.3 Å². The number of carbonyl (C=O) groups excluding carboxylic acids is 2. The highest BCUT2D eigenvalue weighted by molar-refractivity contribution is 9.09. The number of hydrogen-bond donors (Lipinski definition) is 0. The summed E-state index contributed by atoms with van der Waals surface area (Å²) < 4.78 is 4.80. The zero-order valence-corrected chi connectivity index (χ0v) is 10.8. The minimum absolute atomic E-state index is 0.0689. The first kappa shape index (κ1) is 12.3. The summed E-state index contributed by atoms with van der Waals surface area (Å²) in [6.45, 7) is 3.73. The van der Waals surface area contributed by atoms with Crippen LogP contribution in [0.4, 0.5) is 0 Å². The lowest BCUT2D eigenvalue weighted by molar-refractivity contribution is 0.0525. The number of aryl methyl sites for hydroxylation is 1. The van der Waals surface area contributed by atoms with Gasteiger partial charge in [-0.25, -0.2) is 9.78 Å². The van der Waals surface area contributed by atoms with Crippen LogP contribution in [0, 0.1) is 6.92 Å². The highest BCUT2D eigenvalue weighted by Crippen LogP contribution is 2.20. The summed E-state index contributed by atoms with van der Waals surface area (Å²) in [5.41, 5.74) is 0.576. The van der Waals surface area contributed by atoms with E-state index in [1.54, 1.807) is 13.8 Å². The van der Waals surface area contributed by atoms with Gasteiger partial charge in [0, 0.05) is 0 Å². The number of Topliss-reactive ketones (excluding diaryl/α,β-unsaturated/α-hetero) is 1. The van der Waals surface area contributed by atoms with Crippen molar-refractivity contribution in [2.45, 2.75) is 13.8 Å². The maximum Gasteiger partial charge on any atom is 0.367 e. The second-order valence-electron chi connectivity index (χ2n) is 2.71. The van der Waals surface area contributed by atoms with Crippen molar-refractivity contribution in [2.75, 3.05) is 11.9 Å². The lowest BCUT2D eigenvalue weighted by atomic mass is 10.3. The van der Waals surface area contributed by atoms with Crippen molar-refractivity contribution < 1.29 is 14.3 Å². The molecule has 0 N–H and O–H groups in total. The van der Waals surface area contributed by atoms with Gasteiger partial charge in [0.05, 0.1) is 22.5 Å². The van der Waals surface area contributed by atoms with E-state index < -0.39 is 5.97 Å². The molecule has 0 unspecified atom stereocenters. The summed E-state index contributed by atoms with van der Waals surface area (Å²) in [5, 5.41) is 0.469. The number of rotatable bonds is 4. The molecule has 0 atom stereocenters. The lowest BCUT2D eigenvalue weighted by Crippen LogP contribution is -2.03. The summed E-state index contributed by atoms with van der Waals surface area (Å²) in [6.07, 6.45) is 0. The molecule has 1 aromatic heterocycles. The highest BCUT2D eigenvalue weighted by Gasteiger charge is 2.18. The Kier molecular flexibility index (Phi) is 4.41. The molecular formula is C9H10BrNO3S. The summed E-state index contributed by atoms with van der Waals surface area (Å²) in [7, 11) is 0. The monoisotopic (exact) mass is 291 g/mol. The molecule has 6 heteroatoms. The summed E-state index contributed by atoms with van der Waals surface area (Å²) in [5.74, 6) is -0.542. The molecule has 1 aromatic rings. The Hall–Kier alpha value is -0.750. The Morgan fingerprint density at radius 3 is 2.73 bits per heavy atom. The van der Waals surface area contributed by atoms with Crippen LogP contribution >= 0.6 is 27.3 Å². The number of aromatic nitrogens is 1. The highest BCUT2D eigenvalue weighted by atomic mass is 79.9. The van der Waals surface area contributed by atoms with Gasteiger partial charge in [-0.05, 0) is 13.8 Å². The molecule has 0 aliphatic rings. The van der Waals surface area contributed by atoms with Crippen LogP contribution in [0.1, 0.15) is 32.1 Å². The number of ketones is 1. The quantitative estimate of drug-likeness (QED) is 0.485. The Balaban J connectivity index is 2.95. The Morgan fingerprint density at radius 1 is 1.53 bits per heavy atom. The average molecular weight is 292 g/mol. The standard InChI is InChI=1S/C9H10BrNO3S/c1-3-14-9(13)8-11-5(2)7(15-8)6(12)4-10/h3-4H2,1-2H3. The van der Waals surface area contributed by atoms with E-state index in [9.17, 15) is 9.59 Å². The van der Waals surface area contributed by atoms with Gasteiger partial charge in [0.2, 0.25) is 5.01 Å². The molecule has 0 aliphatic heterocycles. The summed E-state index contributed by atoms with van der Waals surface area (Å²) in [6, 6.07) is 0. The number of esters is 1. The molecule has 0 aliphatic carbocycles. The minimum Gasteiger partial charge on any atom is -0.461 e. The molecular weight excluding hydrogens is 282 g/mol. The molecule has 0 saturated carbocycles. The number of hydrogen-bond acceptors (Lipinski definition) is 5. The fourth-order valence-electron chi connectivity index (χ4n) is 0.996. The van der Waals surface area contributed by atoms with Gasteiger partial charge in [-0.3, -0.25) is 4.79 Å².